The molecule has 1 aromatic carbocycles. The minimum Gasteiger partial charge on any atom is -0.487 e. The Morgan fingerprint density at radius 3 is 3.00 bits per heavy atom. The summed E-state index contributed by atoms with van der Waals surface area (Å²) in [7, 11) is 0. The normalized spacial score (nSPS) is 32.8. The number of allylic oxidation sites excluding steroid dienone is 1. The van der Waals surface area contributed by atoms with Gasteiger partial charge >= 0.3 is 5.97 Å². The molecule has 4 rings (SSSR count). The second-order valence-electron chi connectivity index (χ2n) is 6.94. The summed E-state index contributed by atoms with van der Waals surface area (Å²) in [6.45, 7) is 8.85. The van der Waals surface area contributed by atoms with E-state index < -0.39 is 0 Å². The summed E-state index contributed by atoms with van der Waals surface area (Å²) in [6.07, 6.45) is 3.08. The number of fused-ring (bicyclic) bond motifs is 6. The molecule has 3 heteroatoms. The molecule has 0 saturated heterocycles. The highest BCUT2D eigenvalue weighted by atomic mass is 16.5. The molecule has 3 aliphatic rings. The SMILES string of the molecule is C=C(C)[C@@H]1CC[C@@]2(C)C[C@@H]1c1c(ccc3c1C(=O)OC3)O2. The summed E-state index contributed by atoms with van der Waals surface area (Å²) in [6, 6.07) is 3.99. The quantitative estimate of drug-likeness (QED) is 0.578. The van der Waals surface area contributed by atoms with Crippen LogP contribution in [0.1, 0.15) is 60.5 Å². The largest absolute Gasteiger partial charge is 0.487 e. The Labute approximate surface area is 124 Å². The average Bonchev–Trinajstić information content (AvgIpc) is 2.79. The van der Waals surface area contributed by atoms with Gasteiger partial charge in [-0.3, -0.25) is 0 Å². The molecule has 0 amide bonds. The lowest BCUT2D eigenvalue weighted by Gasteiger charge is -2.48. The van der Waals surface area contributed by atoms with E-state index in [9.17, 15) is 4.79 Å². The zero-order valence-electron chi connectivity index (χ0n) is 12.6. The molecule has 2 aliphatic heterocycles. The van der Waals surface area contributed by atoms with Crippen LogP contribution in [-0.2, 0) is 11.3 Å². The van der Waals surface area contributed by atoms with Crippen LogP contribution in [0, 0.1) is 5.92 Å². The van der Waals surface area contributed by atoms with Crippen LogP contribution in [0.25, 0.3) is 0 Å². The van der Waals surface area contributed by atoms with Crippen LogP contribution in [0.3, 0.4) is 0 Å². The van der Waals surface area contributed by atoms with E-state index in [1.165, 1.54) is 5.57 Å². The Bertz CT molecular complexity index is 661. The van der Waals surface area contributed by atoms with E-state index >= 15 is 0 Å². The summed E-state index contributed by atoms with van der Waals surface area (Å²) in [5.74, 6) is 1.43. The van der Waals surface area contributed by atoms with Gasteiger partial charge in [0.05, 0.1) is 5.56 Å². The number of esters is 1. The van der Waals surface area contributed by atoms with Gasteiger partial charge in [-0.25, -0.2) is 4.79 Å². The Morgan fingerprint density at radius 2 is 2.24 bits per heavy atom. The van der Waals surface area contributed by atoms with Crippen molar-refractivity contribution in [3.05, 3.63) is 41.0 Å². The minimum atomic E-state index is -0.194. The standard InChI is InChI=1S/C18H20O3/c1-10(2)12-6-7-18(3)8-13(12)16-14(21-18)5-4-11-9-20-17(19)15(11)16/h4-5,12-13H,1,6-9H2,2-3H3/t12-,13-,18-/m0/s1. The van der Waals surface area contributed by atoms with Crippen molar-refractivity contribution in [2.45, 2.75) is 51.2 Å². The van der Waals surface area contributed by atoms with Crippen LogP contribution in [0.4, 0.5) is 0 Å². The van der Waals surface area contributed by atoms with Gasteiger partial charge in [-0.2, -0.15) is 0 Å². The number of cyclic esters (lactones) is 1. The maximum Gasteiger partial charge on any atom is 0.339 e. The number of benzene rings is 1. The number of carbonyl (C=O) groups excluding carboxylic acids is 1. The van der Waals surface area contributed by atoms with Gasteiger partial charge in [0, 0.05) is 11.1 Å². The van der Waals surface area contributed by atoms with Crippen molar-refractivity contribution < 1.29 is 14.3 Å². The van der Waals surface area contributed by atoms with Gasteiger partial charge in [0.1, 0.15) is 18.0 Å². The van der Waals surface area contributed by atoms with Crippen molar-refractivity contribution in [1.29, 1.82) is 0 Å². The van der Waals surface area contributed by atoms with E-state index in [-0.39, 0.29) is 11.6 Å². The summed E-state index contributed by atoms with van der Waals surface area (Å²) >= 11 is 0. The Balaban J connectivity index is 1.93. The van der Waals surface area contributed by atoms with E-state index in [1.54, 1.807) is 0 Å². The van der Waals surface area contributed by atoms with Crippen LogP contribution in [0.15, 0.2) is 24.3 Å². The van der Waals surface area contributed by atoms with Gasteiger partial charge < -0.3 is 9.47 Å². The molecular weight excluding hydrogens is 264 g/mol. The van der Waals surface area contributed by atoms with Crippen molar-refractivity contribution >= 4 is 5.97 Å². The van der Waals surface area contributed by atoms with Gasteiger partial charge in [0.2, 0.25) is 0 Å². The van der Waals surface area contributed by atoms with Crippen molar-refractivity contribution in [3.63, 3.8) is 0 Å². The number of hydrogen-bond donors (Lipinski definition) is 0. The zero-order valence-corrected chi connectivity index (χ0v) is 12.6. The molecule has 0 aromatic heterocycles. The third-order valence-corrected chi connectivity index (χ3v) is 5.34. The van der Waals surface area contributed by atoms with Crippen molar-refractivity contribution in [2.75, 3.05) is 0 Å². The molecule has 1 fully saturated rings. The molecule has 2 bridgehead atoms. The third kappa shape index (κ3) is 1.76. The highest BCUT2D eigenvalue weighted by Gasteiger charge is 2.47. The van der Waals surface area contributed by atoms with Crippen LogP contribution >= 0.6 is 0 Å². The molecule has 0 radical (unpaired) electrons. The fraction of sp³-hybridized carbons (Fsp3) is 0.500. The molecule has 2 heterocycles. The molecule has 110 valence electrons. The summed E-state index contributed by atoms with van der Waals surface area (Å²) in [5, 5.41) is 0. The topological polar surface area (TPSA) is 35.5 Å². The first-order valence-corrected chi connectivity index (χ1v) is 7.66. The lowest BCUT2D eigenvalue weighted by Crippen LogP contribution is -2.44. The fourth-order valence-corrected chi connectivity index (χ4v) is 4.30. The Kier molecular flexibility index (Phi) is 2.54. The first-order chi connectivity index (χ1) is 9.98. The second-order valence-corrected chi connectivity index (χ2v) is 6.94. The highest BCUT2D eigenvalue weighted by molar-refractivity contribution is 5.96. The van der Waals surface area contributed by atoms with Crippen LogP contribution in [0.2, 0.25) is 0 Å². The fourth-order valence-electron chi connectivity index (χ4n) is 4.30. The molecular formula is C18H20O3. The van der Waals surface area contributed by atoms with Gasteiger partial charge in [-0.1, -0.05) is 18.2 Å². The van der Waals surface area contributed by atoms with E-state index in [4.69, 9.17) is 9.47 Å². The molecule has 1 saturated carbocycles. The molecule has 1 aliphatic carbocycles. The average molecular weight is 284 g/mol. The molecule has 1 aromatic rings. The van der Waals surface area contributed by atoms with Gasteiger partial charge in [-0.05, 0) is 51.0 Å². The molecule has 3 atom stereocenters. The molecule has 0 spiro atoms. The van der Waals surface area contributed by atoms with Crippen LogP contribution in [0.5, 0.6) is 5.75 Å². The summed E-state index contributed by atoms with van der Waals surface area (Å²) < 4.78 is 11.5. The predicted octanol–water partition coefficient (Wildman–Crippen LogP) is 3.97. The first-order valence-electron chi connectivity index (χ1n) is 7.66. The number of ether oxygens (including phenoxy) is 2. The highest BCUT2D eigenvalue weighted by Crippen LogP contribution is 2.54. The van der Waals surface area contributed by atoms with E-state index in [2.05, 4.69) is 20.4 Å². The maximum atomic E-state index is 12.2. The summed E-state index contributed by atoms with van der Waals surface area (Å²) in [4.78, 5) is 12.2. The van der Waals surface area contributed by atoms with E-state index in [0.717, 1.165) is 41.7 Å². The smallest absolute Gasteiger partial charge is 0.339 e. The van der Waals surface area contributed by atoms with Gasteiger partial charge in [-0.15, -0.1) is 0 Å². The van der Waals surface area contributed by atoms with Crippen molar-refractivity contribution in [3.8, 4) is 5.75 Å². The Morgan fingerprint density at radius 1 is 1.43 bits per heavy atom. The lowest BCUT2D eigenvalue weighted by atomic mass is 9.65. The molecule has 0 N–H and O–H groups in total. The van der Waals surface area contributed by atoms with E-state index in [1.807, 2.05) is 12.1 Å². The number of hydrogen-bond acceptors (Lipinski definition) is 3. The molecule has 21 heavy (non-hydrogen) atoms. The molecule has 0 unspecified atom stereocenters. The van der Waals surface area contributed by atoms with Crippen molar-refractivity contribution in [1.82, 2.24) is 0 Å². The van der Waals surface area contributed by atoms with E-state index in [0.29, 0.717) is 18.4 Å². The maximum absolute atomic E-state index is 12.2. The number of rotatable bonds is 1. The van der Waals surface area contributed by atoms with Crippen molar-refractivity contribution in [2.24, 2.45) is 5.92 Å². The molecule has 3 nitrogen and oxygen atoms in total. The van der Waals surface area contributed by atoms with Crippen LogP contribution in [-0.4, -0.2) is 11.6 Å². The number of carbonyl (C=O) groups is 1. The van der Waals surface area contributed by atoms with Gasteiger partial charge in [0.25, 0.3) is 0 Å². The Hall–Kier alpha value is -1.77. The summed E-state index contributed by atoms with van der Waals surface area (Å²) in [5.41, 5.74) is 3.92. The third-order valence-electron chi connectivity index (χ3n) is 5.34. The first kappa shape index (κ1) is 12.9. The predicted molar refractivity (Wildman–Crippen MR) is 79.5 cm³/mol. The zero-order chi connectivity index (χ0) is 14.8. The minimum absolute atomic E-state index is 0.111. The monoisotopic (exact) mass is 284 g/mol. The van der Waals surface area contributed by atoms with Gasteiger partial charge in [0.15, 0.2) is 0 Å². The second kappa shape index (κ2) is 4.12. The van der Waals surface area contributed by atoms with Crippen LogP contribution < -0.4 is 4.74 Å². The lowest BCUT2D eigenvalue weighted by molar-refractivity contribution is 0.00667.